The predicted octanol–water partition coefficient (Wildman–Crippen LogP) is 6.07. The zero-order valence-corrected chi connectivity index (χ0v) is 18.8. The number of fused-ring (bicyclic) bond motifs is 1. The van der Waals surface area contributed by atoms with E-state index in [9.17, 15) is 8.42 Å². The molecule has 0 radical (unpaired) electrons. The van der Waals surface area contributed by atoms with Crippen LogP contribution in [0.15, 0.2) is 95.9 Å². The van der Waals surface area contributed by atoms with Gasteiger partial charge in [0.05, 0.1) is 11.5 Å². The van der Waals surface area contributed by atoms with Crippen molar-refractivity contribution in [3.05, 3.63) is 108 Å². The van der Waals surface area contributed by atoms with Crippen molar-refractivity contribution in [3.8, 4) is 5.75 Å². The van der Waals surface area contributed by atoms with Gasteiger partial charge in [0.25, 0.3) is 10.1 Å². The highest BCUT2D eigenvalue weighted by Gasteiger charge is 2.15. The van der Waals surface area contributed by atoms with E-state index in [-0.39, 0.29) is 11.5 Å². The van der Waals surface area contributed by atoms with Crippen molar-refractivity contribution < 1.29 is 17.3 Å². The summed E-state index contributed by atoms with van der Waals surface area (Å²) >= 11 is 0. The number of rotatable bonds is 9. The lowest BCUT2D eigenvalue weighted by molar-refractivity contribution is 0.299. The van der Waals surface area contributed by atoms with Gasteiger partial charge in [-0.2, -0.15) is 8.42 Å². The molecule has 4 rings (SSSR count). The zero-order valence-electron chi connectivity index (χ0n) is 18.0. The van der Waals surface area contributed by atoms with Crippen LogP contribution in [0.5, 0.6) is 5.75 Å². The zero-order chi connectivity index (χ0) is 22.4. The van der Waals surface area contributed by atoms with E-state index in [1.165, 1.54) is 0 Å². The third-order valence-electron chi connectivity index (χ3n) is 5.33. The van der Waals surface area contributed by atoms with Crippen LogP contribution in [0.1, 0.15) is 23.1 Å². The highest BCUT2D eigenvalue weighted by molar-refractivity contribution is 7.86. The first-order valence-corrected chi connectivity index (χ1v) is 12.1. The molecule has 0 N–H and O–H groups in total. The van der Waals surface area contributed by atoms with E-state index < -0.39 is 10.1 Å². The monoisotopic (exact) mass is 446 g/mol. The van der Waals surface area contributed by atoms with E-state index in [2.05, 4.69) is 24.3 Å². The van der Waals surface area contributed by atoms with Gasteiger partial charge >= 0.3 is 0 Å². The second-order valence-electron chi connectivity index (χ2n) is 7.74. The van der Waals surface area contributed by atoms with Gasteiger partial charge in [-0.05, 0) is 48.4 Å². The van der Waals surface area contributed by atoms with Crippen molar-refractivity contribution in [3.63, 3.8) is 0 Å². The molecule has 0 aliphatic rings. The molecular formula is C27H26O4S. The molecule has 4 aromatic carbocycles. The molecular weight excluding hydrogens is 420 g/mol. The minimum absolute atomic E-state index is 0.112. The van der Waals surface area contributed by atoms with Gasteiger partial charge in [-0.25, -0.2) is 0 Å². The lowest BCUT2D eigenvalue weighted by Crippen LogP contribution is -2.08. The quantitative estimate of drug-likeness (QED) is 0.231. The summed E-state index contributed by atoms with van der Waals surface area (Å²) in [6.07, 6.45) is 1.21. The Hall–Kier alpha value is -3.15. The molecule has 0 amide bonds. The summed E-state index contributed by atoms with van der Waals surface area (Å²) in [5.41, 5.74) is 3.14. The number of hydrogen-bond donors (Lipinski definition) is 0. The van der Waals surface area contributed by atoms with Gasteiger partial charge in [0, 0.05) is 5.39 Å². The summed E-state index contributed by atoms with van der Waals surface area (Å²) in [5, 5.41) is 2.16. The van der Waals surface area contributed by atoms with Gasteiger partial charge in [0.15, 0.2) is 0 Å². The Labute approximate surface area is 189 Å². The van der Waals surface area contributed by atoms with Gasteiger partial charge < -0.3 is 4.74 Å². The first kappa shape index (κ1) is 22.1. The Bertz CT molecular complexity index is 1280. The molecule has 0 atom stereocenters. The molecule has 0 saturated carbocycles. The van der Waals surface area contributed by atoms with Crippen LogP contribution in [0.2, 0.25) is 0 Å². The van der Waals surface area contributed by atoms with E-state index >= 15 is 0 Å². The summed E-state index contributed by atoms with van der Waals surface area (Å²) in [6.45, 7) is 2.50. The average Bonchev–Trinajstić information content (AvgIpc) is 2.81. The maximum Gasteiger partial charge on any atom is 0.296 e. The van der Waals surface area contributed by atoms with Crippen LogP contribution in [0.4, 0.5) is 0 Å². The third-order valence-corrected chi connectivity index (χ3v) is 6.65. The molecule has 4 aromatic rings. The van der Waals surface area contributed by atoms with Gasteiger partial charge in [-0.3, -0.25) is 4.18 Å². The fourth-order valence-corrected chi connectivity index (χ4v) is 4.53. The molecule has 0 aromatic heterocycles. The van der Waals surface area contributed by atoms with E-state index in [1.54, 1.807) is 24.3 Å². The lowest BCUT2D eigenvalue weighted by Gasteiger charge is -2.15. The topological polar surface area (TPSA) is 52.6 Å². The van der Waals surface area contributed by atoms with Crippen molar-refractivity contribution in [2.45, 2.75) is 31.3 Å². The van der Waals surface area contributed by atoms with Crippen molar-refractivity contribution >= 4 is 20.9 Å². The maximum atomic E-state index is 12.4. The second kappa shape index (κ2) is 9.98. The maximum absolute atomic E-state index is 12.4. The fraction of sp³-hybridized carbons (Fsp3) is 0.185. The van der Waals surface area contributed by atoms with Gasteiger partial charge in [-0.15, -0.1) is 0 Å². The minimum Gasteiger partial charge on any atom is -0.488 e. The molecule has 0 saturated heterocycles. The van der Waals surface area contributed by atoms with Gasteiger partial charge in [-0.1, -0.05) is 84.4 Å². The van der Waals surface area contributed by atoms with Crippen LogP contribution < -0.4 is 4.74 Å². The smallest absolute Gasteiger partial charge is 0.296 e. The number of ether oxygens (including phenoxy) is 1. The van der Waals surface area contributed by atoms with Crippen LogP contribution in [0.25, 0.3) is 10.8 Å². The normalized spacial score (nSPS) is 11.5. The third kappa shape index (κ3) is 5.36. The van der Waals surface area contributed by atoms with Gasteiger partial charge in [0.1, 0.15) is 12.4 Å². The Morgan fingerprint density at radius 2 is 1.50 bits per heavy atom. The summed E-state index contributed by atoms with van der Waals surface area (Å²) in [7, 11) is -3.75. The van der Waals surface area contributed by atoms with E-state index in [0.29, 0.717) is 19.4 Å². The molecule has 5 heteroatoms. The van der Waals surface area contributed by atoms with Crippen molar-refractivity contribution in [1.29, 1.82) is 0 Å². The molecule has 0 heterocycles. The van der Waals surface area contributed by atoms with E-state index in [1.807, 2.05) is 49.4 Å². The molecule has 0 spiro atoms. The Morgan fingerprint density at radius 1 is 0.781 bits per heavy atom. The Balaban J connectivity index is 1.45. The summed E-state index contributed by atoms with van der Waals surface area (Å²) < 4.78 is 36.3. The first-order valence-electron chi connectivity index (χ1n) is 10.7. The van der Waals surface area contributed by atoms with E-state index in [4.69, 9.17) is 8.92 Å². The molecule has 0 unspecified atom stereocenters. The van der Waals surface area contributed by atoms with Crippen LogP contribution in [0.3, 0.4) is 0 Å². The van der Waals surface area contributed by atoms with E-state index in [0.717, 1.165) is 33.2 Å². The summed E-state index contributed by atoms with van der Waals surface area (Å²) in [5.74, 6) is 0.841. The summed E-state index contributed by atoms with van der Waals surface area (Å²) in [6, 6.07) is 29.0. The fourth-order valence-electron chi connectivity index (χ4n) is 3.59. The SMILES string of the molecule is Cc1ccc(S(=O)(=O)OCCCc2ccc3ccccc3c2OCc2ccccc2)cc1. The second-order valence-corrected chi connectivity index (χ2v) is 9.36. The van der Waals surface area contributed by atoms with Crippen LogP contribution in [0, 0.1) is 6.92 Å². The highest BCUT2D eigenvalue weighted by atomic mass is 32.2. The molecule has 32 heavy (non-hydrogen) atoms. The summed E-state index contributed by atoms with van der Waals surface area (Å²) in [4.78, 5) is 0.181. The van der Waals surface area contributed by atoms with Crippen molar-refractivity contribution in [2.24, 2.45) is 0 Å². The van der Waals surface area contributed by atoms with Crippen molar-refractivity contribution in [2.75, 3.05) is 6.61 Å². The molecule has 0 bridgehead atoms. The predicted molar refractivity (Wildman–Crippen MR) is 127 cm³/mol. The van der Waals surface area contributed by atoms with Crippen LogP contribution in [-0.2, 0) is 27.3 Å². The standard InChI is InChI=1S/C27H26O4S/c1-21-13-17-25(18-14-21)32(28,29)31-19-7-11-24-16-15-23-10-5-6-12-26(23)27(24)30-20-22-8-3-2-4-9-22/h2-6,8-10,12-18H,7,11,19-20H2,1H3. The van der Waals surface area contributed by atoms with Crippen LogP contribution >= 0.6 is 0 Å². The molecule has 0 aliphatic heterocycles. The first-order chi connectivity index (χ1) is 15.5. The molecule has 164 valence electrons. The minimum atomic E-state index is -3.75. The molecule has 4 nitrogen and oxygen atoms in total. The number of aryl methyl sites for hydroxylation is 2. The van der Waals surface area contributed by atoms with Crippen LogP contribution in [-0.4, -0.2) is 15.0 Å². The number of hydrogen-bond acceptors (Lipinski definition) is 4. The highest BCUT2D eigenvalue weighted by Crippen LogP contribution is 2.31. The molecule has 0 fully saturated rings. The largest absolute Gasteiger partial charge is 0.488 e. The lowest BCUT2D eigenvalue weighted by atomic mass is 10.0. The molecule has 0 aliphatic carbocycles. The Kier molecular flexibility index (Phi) is 6.88. The Morgan fingerprint density at radius 3 is 2.28 bits per heavy atom. The average molecular weight is 447 g/mol. The van der Waals surface area contributed by atoms with Gasteiger partial charge in [0.2, 0.25) is 0 Å². The van der Waals surface area contributed by atoms with Crippen molar-refractivity contribution in [1.82, 2.24) is 0 Å². The number of benzene rings is 4.